The largest absolute Gasteiger partial charge is 0.375 e. The van der Waals surface area contributed by atoms with E-state index in [0.29, 0.717) is 24.2 Å². The van der Waals surface area contributed by atoms with Crippen LogP contribution < -0.4 is 5.32 Å². The third kappa shape index (κ3) is 2.92. The van der Waals surface area contributed by atoms with E-state index in [1.807, 2.05) is 12.1 Å². The lowest BCUT2D eigenvalue weighted by Gasteiger charge is -2.29. The second kappa shape index (κ2) is 6.12. The normalized spacial score (nSPS) is 29.9. The molecule has 0 amide bonds. The summed E-state index contributed by atoms with van der Waals surface area (Å²) in [5, 5.41) is 3.54. The monoisotopic (exact) mass is 341 g/mol. The van der Waals surface area contributed by atoms with Gasteiger partial charge in [-0.15, -0.1) is 0 Å². The number of hydrogen-bond donors (Lipinski definition) is 1. The van der Waals surface area contributed by atoms with E-state index >= 15 is 0 Å². The van der Waals surface area contributed by atoms with E-state index in [2.05, 4.69) is 28.2 Å². The zero-order chi connectivity index (χ0) is 14.1. The minimum absolute atomic E-state index is 0.119. The quantitative estimate of drug-likeness (QED) is 0.882. The minimum atomic E-state index is -0.119. The van der Waals surface area contributed by atoms with Crippen molar-refractivity contribution in [2.75, 3.05) is 6.54 Å². The van der Waals surface area contributed by atoms with Crippen LogP contribution in [0, 0.1) is 11.7 Å². The van der Waals surface area contributed by atoms with Crippen LogP contribution in [0.4, 0.5) is 4.39 Å². The number of ether oxygens (including phenoxy) is 1. The molecule has 0 radical (unpaired) electrons. The van der Waals surface area contributed by atoms with Crippen molar-refractivity contribution in [2.24, 2.45) is 5.92 Å². The summed E-state index contributed by atoms with van der Waals surface area (Å²) in [4.78, 5) is 0. The van der Waals surface area contributed by atoms with Crippen LogP contribution >= 0.6 is 15.9 Å². The fraction of sp³-hybridized carbons (Fsp3) is 0.625. The Labute approximate surface area is 128 Å². The summed E-state index contributed by atoms with van der Waals surface area (Å²) >= 11 is 3.31. The molecule has 0 spiro atoms. The van der Waals surface area contributed by atoms with Crippen molar-refractivity contribution in [3.05, 3.63) is 34.1 Å². The molecule has 2 fully saturated rings. The van der Waals surface area contributed by atoms with Crippen molar-refractivity contribution >= 4 is 15.9 Å². The molecular formula is C16H21BrFNO. The summed E-state index contributed by atoms with van der Waals surface area (Å²) in [6, 6.07) is 5.66. The van der Waals surface area contributed by atoms with Crippen LogP contribution in [0.2, 0.25) is 0 Å². The molecule has 2 bridgehead atoms. The summed E-state index contributed by atoms with van der Waals surface area (Å²) in [5.74, 6) is 0.406. The molecule has 20 heavy (non-hydrogen) atoms. The van der Waals surface area contributed by atoms with E-state index in [0.717, 1.165) is 29.4 Å². The predicted molar refractivity (Wildman–Crippen MR) is 81.3 cm³/mol. The molecule has 0 saturated carbocycles. The summed E-state index contributed by atoms with van der Waals surface area (Å²) < 4.78 is 20.8. The van der Waals surface area contributed by atoms with Gasteiger partial charge in [-0.25, -0.2) is 4.39 Å². The second-order valence-corrected chi connectivity index (χ2v) is 6.79. The zero-order valence-electron chi connectivity index (χ0n) is 11.7. The molecule has 1 N–H and O–H groups in total. The highest BCUT2D eigenvalue weighted by atomic mass is 79.9. The van der Waals surface area contributed by atoms with E-state index in [-0.39, 0.29) is 5.82 Å². The molecule has 4 heteroatoms. The average Bonchev–Trinajstić information content (AvgIpc) is 3.03. The van der Waals surface area contributed by atoms with Gasteiger partial charge in [-0.2, -0.15) is 0 Å². The lowest BCUT2D eigenvalue weighted by atomic mass is 9.81. The number of halogens is 2. The Morgan fingerprint density at radius 2 is 2.30 bits per heavy atom. The van der Waals surface area contributed by atoms with Crippen molar-refractivity contribution < 1.29 is 9.13 Å². The highest BCUT2D eigenvalue weighted by Crippen LogP contribution is 2.41. The maximum atomic E-state index is 14.0. The SMILES string of the molecule is CCNC(Cc1ccc(Br)cc1F)C1CC2CCC1O2. The molecule has 4 atom stereocenters. The fourth-order valence-corrected chi connectivity index (χ4v) is 3.99. The molecule has 2 heterocycles. The third-order valence-corrected chi connectivity index (χ3v) is 5.08. The van der Waals surface area contributed by atoms with Crippen molar-refractivity contribution in [3.63, 3.8) is 0 Å². The van der Waals surface area contributed by atoms with Gasteiger partial charge in [-0.05, 0) is 49.9 Å². The number of rotatable bonds is 5. The molecule has 110 valence electrons. The van der Waals surface area contributed by atoms with Crippen molar-refractivity contribution in [1.82, 2.24) is 5.32 Å². The van der Waals surface area contributed by atoms with Crippen LogP contribution in [-0.2, 0) is 11.2 Å². The van der Waals surface area contributed by atoms with E-state index in [1.54, 1.807) is 6.07 Å². The maximum absolute atomic E-state index is 14.0. The Morgan fingerprint density at radius 3 is 2.90 bits per heavy atom. The van der Waals surface area contributed by atoms with Crippen LogP contribution in [0.1, 0.15) is 31.7 Å². The van der Waals surface area contributed by atoms with Gasteiger partial charge in [-0.3, -0.25) is 0 Å². The van der Waals surface area contributed by atoms with E-state index in [4.69, 9.17) is 4.74 Å². The summed E-state index contributed by atoms with van der Waals surface area (Å²) in [7, 11) is 0. The van der Waals surface area contributed by atoms with Crippen LogP contribution in [0.3, 0.4) is 0 Å². The number of hydrogen-bond acceptors (Lipinski definition) is 2. The minimum Gasteiger partial charge on any atom is -0.375 e. The van der Waals surface area contributed by atoms with Crippen LogP contribution in [-0.4, -0.2) is 24.8 Å². The lowest BCUT2D eigenvalue weighted by Crippen LogP contribution is -2.42. The number of benzene rings is 1. The smallest absolute Gasteiger partial charge is 0.127 e. The van der Waals surface area contributed by atoms with Gasteiger partial charge < -0.3 is 10.1 Å². The molecule has 0 aromatic heterocycles. The van der Waals surface area contributed by atoms with Gasteiger partial charge >= 0.3 is 0 Å². The van der Waals surface area contributed by atoms with Gasteiger partial charge in [0.2, 0.25) is 0 Å². The molecule has 2 nitrogen and oxygen atoms in total. The van der Waals surface area contributed by atoms with Gasteiger partial charge in [0.15, 0.2) is 0 Å². The standard InChI is InChI=1S/C16H21BrFNO/c1-2-19-15(13-9-12-5-6-16(13)20-12)7-10-3-4-11(17)8-14(10)18/h3-4,8,12-13,15-16,19H,2,5-7,9H2,1H3. The molecule has 2 aliphatic rings. The number of nitrogens with one attached hydrogen (secondary N) is 1. The highest BCUT2D eigenvalue weighted by molar-refractivity contribution is 9.10. The van der Waals surface area contributed by atoms with E-state index in [9.17, 15) is 4.39 Å². The first-order valence-corrected chi connectivity index (χ1v) is 8.29. The second-order valence-electron chi connectivity index (χ2n) is 5.88. The number of fused-ring (bicyclic) bond motifs is 2. The van der Waals surface area contributed by atoms with Gasteiger partial charge in [0.1, 0.15) is 5.82 Å². The van der Waals surface area contributed by atoms with Gasteiger partial charge in [0, 0.05) is 16.4 Å². The first kappa shape index (κ1) is 14.5. The van der Waals surface area contributed by atoms with E-state index in [1.165, 1.54) is 12.8 Å². The first-order chi connectivity index (χ1) is 9.67. The Hall–Kier alpha value is -0.450. The van der Waals surface area contributed by atoms with E-state index < -0.39 is 0 Å². The van der Waals surface area contributed by atoms with Crippen LogP contribution in [0.5, 0.6) is 0 Å². The molecule has 4 unspecified atom stereocenters. The maximum Gasteiger partial charge on any atom is 0.127 e. The van der Waals surface area contributed by atoms with Gasteiger partial charge in [-0.1, -0.05) is 28.9 Å². The molecule has 1 aromatic carbocycles. The lowest BCUT2D eigenvalue weighted by molar-refractivity contribution is 0.0858. The first-order valence-electron chi connectivity index (χ1n) is 7.50. The predicted octanol–water partition coefficient (Wildman–Crippen LogP) is 3.68. The topological polar surface area (TPSA) is 21.3 Å². The van der Waals surface area contributed by atoms with Gasteiger partial charge in [0.25, 0.3) is 0 Å². The Bertz CT molecular complexity index is 482. The summed E-state index contributed by atoms with van der Waals surface area (Å²) in [6.45, 7) is 3.02. The Kier molecular flexibility index (Phi) is 4.43. The molecule has 3 rings (SSSR count). The summed E-state index contributed by atoms with van der Waals surface area (Å²) in [5.41, 5.74) is 0.793. The molecular weight excluding hydrogens is 321 g/mol. The zero-order valence-corrected chi connectivity index (χ0v) is 13.3. The Balaban J connectivity index is 1.74. The van der Waals surface area contributed by atoms with Crippen LogP contribution in [0.15, 0.2) is 22.7 Å². The van der Waals surface area contributed by atoms with Crippen molar-refractivity contribution in [1.29, 1.82) is 0 Å². The molecule has 0 aliphatic carbocycles. The fourth-order valence-electron chi connectivity index (χ4n) is 3.66. The molecule has 2 aliphatic heterocycles. The summed E-state index contributed by atoms with van der Waals surface area (Å²) in [6.07, 6.45) is 5.06. The highest BCUT2D eigenvalue weighted by Gasteiger charge is 2.44. The van der Waals surface area contributed by atoms with Gasteiger partial charge in [0.05, 0.1) is 12.2 Å². The molecule has 1 aromatic rings. The van der Waals surface area contributed by atoms with Crippen molar-refractivity contribution in [3.8, 4) is 0 Å². The van der Waals surface area contributed by atoms with Crippen molar-refractivity contribution in [2.45, 2.75) is 50.9 Å². The molecule has 2 saturated heterocycles. The van der Waals surface area contributed by atoms with Crippen LogP contribution in [0.25, 0.3) is 0 Å². The third-order valence-electron chi connectivity index (χ3n) is 4.59. The Morgan fingerprint density at radius 1 is 1.45 bits per heavy atom. The number of likely N-dealkylation sites (N-methyl/N-ethyl adjacent to an activating group) is 1. The average molecular weight is 342 g/mol.